The van der Waals surface area contributed by atoms with Gasteiger partial charge in [-0.2, -0.15) is 0 Å². The third kappa shape index (κ3) is 1.72. The van der Waals surface area contributed by atoms with Crippen molar-refractivity contribution in [2.75, 3.05) is 0 Å². The number of nitrogens with one attached hydrogen (secondary N) is 1. The van der Waals surface area contributed by atoms with Gasteiger partial charge in [-0.25, -0.2) is 4.98 Å². The van der Waals surface area contributed by atoms with Gasteiger partial charge in [0.15, 0.2) is 0 Å². The van der Waals surface area contributed by atoms with E-state index in [9.17, 15) is 5.11 Å². The molecule has 0 saturated carbocycles. The molecule has 1 aromatic carbocycles. The number of nitrogens with zero attached hydrogens (tertiary/aromatic N) is 1. The van der Waals surface area contributed by atoms with Crippen LogP contribution < -0.4 is 0 Å². The Hall–Kier alpha value is -1.32. The smallest absolute Gasteiger partial charge is 0.146 e. The van der Waals surface area contributed by atoms with E-state index < -0.39 is 5.60 Å². The fourth-order valence-corrected chi connectivity index (χ4v) is 1.99. The van der Waals surface area contributed by atoms with Crippen LogP contribution in [0.5, 0.6) is 0 Å². The number of benzene rings is 1. The quantitative estimate of drug-likeness (QED) is 0.842. The van der Waals surface area contributed by atoms with Crippen molar-refractivity contribution < 1.29 is 5.11 Å². The lowest BCUT2D eigenvalue weighted by Gasteiger charge is -2.23. The number of aryl methyl sites for hydroxylation is 1. The van der Waals surface area contributed by atoms with E-state index in [-0.39, 0.29) is 0 Å². The van der Waals surface area contributed by atoms with Crippen LogP contribution in [-0.2, 0) is 5.60 Å². The molecule has 0 aliphatic rings. The zero-order valence-electron chi connectivity index (χ0n) is 9.16. The zero-order chi connectivity index (χ0) is 11.8. The number of H-pyrrole nitrogens is 1. The number of hydrogen-bond acceptors (Lipinski definition) is 2. The third-order valence-corrected chi connectivity index (χ3v) is 3.18. The summed E-state index contributed by atoms with van der Waals surface area (Å²) in [5.41, 5.74) is 0.391. The molecule has 0 spiro atoms. The predicted octanol–water partition coefficient (Wildman–Crippen LogP) is 2.63. The monoisotopic (exact) mass is 236 g/mol. The highest BCUT2D eigenvalue weighted by Gasteiger charge is 2.30. The number of halogens is 1. The molecule has 1 unspecified atom stereocenters. The number of aliphatic hydroxyl groups is 1. The third-order valence-electron chi connectivity index (χ3n) is 2.68. The highest BCUT2D eigenvalue weighted by atomic mass is 35.5. The lowest BCUT2D eigenvalue weighted by Crippen LogP contribution is -2.25. The van der Waals surface area contributed by atoms with E-state index in [1.807, 2.05) is 19.1 Å². The van der Waals surface area contributed by atoms with Gasteiger partial charge in [-0.05, 0) is 19.4 Å². The van der Waals surface area contributed by atoms with Crippen LogP contribution >= 0.6 is 11.6 Å². The fourth-order valence-electron chi connectivity index (χ4n) is 1.68. The summed E-state index contributed by atoms with van der Waals surface area (Å²) < 4.78 is 0. The predicted molar refractivity (Wildman–Crippen MR) is 63.4 cm³/mol. The Morgan fingerprint density at radius 1 is 1.44 bits per heavy atom. The van der Waals surface area contributed by atoms with Crippen molar-refractivity contribution in [1.29, 1.82) is 0 Å². The summed E-state index contributed by atoms with van der Waals surface area (Å²) in [5.74, 6) is 0.486. The van der Waals surface area contributed by atoms with Crippen molar-refractivity contribution >= 4 is 11.6 Å². The number of hydrogen-bond donors (Lipinski definition) is 2. The highest BCUT2D eigenvalue weighted by Crippen LogP contribution is 2.33. The van der Waals surface area contributed by atoms with Crippen molar-refractivity contribution in [2.45, 2.75) is 19.4 Å². The summed E-state index contributed by atoms with van der Waals surface area (Å²) in [5, 5.41) is 11.0. The first-order chi connectivity index (χ1) is 7.53. The van der Waals surface area contributed by atoms with E-state index in [0.717, 1.165) is 5.56 Å². The Bertz CT molecular complexity index is 492. The standard InChI is InChI=1S/C12H13ClN2O/c1-8-4-3-5-9(10(8)13)12(2,16)11-14-6-7-15-11/h3-7,16H,1-2H3,(H,14,15). The average Bonchev–Trinajstić information content (AvgIpc) is 2.75. The summed E-state index contributed by atoms with van der Waals surface area (Å²) in [6, 6.07) is 5.58. The Morgan fingerprint density at radius 3 is 2.81 bits per heavy atom. The van der Waals surface area contributed by atoms with Crippen LogP contribution in [0.15, 0.2) is 30.6 Å². The molecule has 4 heteroatoms. The molecule has 2 rings (SSSR count). The Morgan fingerprint density at radius 2 is 2.19 bits per heavy atom. The molecule has 84 valence electrons. The summed E-state index contributed by atoms with van der Waals surface area (Å²) in [6.07, 6.45) is 3.28. The van der Waals surface area contributed by atoms with Gasteiger partial charge in [-0.3, -0.25) is 0 Å². The second kappa shape index (κ2) is 3.92. The number of rotatable bonds is 2. The van der Waals surface area contributed by atoms with Crippen LogP contribution in [0.4, 0.5) is 0 Å². The first-order valence-electron chi connectivity index (χ1n) is 5.01. The van der Waals surface area contributed by atoms with Crippen LogP contribution in [0.3, 0.4) is 0 Å². The van der Waals surface area contributed by atoms with Crippen molar-refractivity contribution in [3.05, 3.63) is 52.6 Å². The first kappa shape index (κ1) is 11.2. The van der Waals surface area contributed by atoms with Crippen LogP contribution in [0.1, 0.15) is 23.9 Å². The maximum atomic E-state index is 10.5. The normalized spacial score (nSPS) is 14.8. The Balaban J connectivity index is 2.56. The minimum atomic E-state index is -1.20. The van der Waals surface area contributed by atoms with Crippen LogP contribution in [0.25, 0.3) is 0 Å². The van der Waals surface area contributed by atoms with E-state index in [4.69, 9.17) is 11.6 Å². The second-order valence-electron chi connectivity index (χ2n) is 3.95. The minimum Gasteiger partial charge on any atom is -0.377 e. The van der Waals surface area contributed by atoms with Gasteiger partial charge in [0.25, 0.3) is 0 Å². The van der Waals surface area contributed by atoms with Gasteiger partial charge in [-0.15, -0.1) is 0 Å². The molecule has 2 aromatic rings. The molecule has 2 N–H and O–H groups in total. The van der Waals surface area contributed by atoms with E-state index >= 15 is 0 Å². The highest BCUT2D eigenvalue weighted by molar-refractivity contribution is 6.32. The SMILES string of the molecule is Cc1cccc(C(C)(O)c2ncc[nH]2)c1Cl. The number of imidazole rings is 1. The number of aromatic nitrogens is 2. The van der Waals surface area contributed by atoms with E-state index in [2.05, 4.69) is 9.97 Å². The van der Waals surface area contributed by atoms with Crippen molar-refractivity contribution in [1.82, 2.24) is 9.97 Å². The summed E-state index contributed by atoms with van der Waals surface area (Å²) in [7, 11) is 0. The van der Waals surface area contributed by atoms with Gasteiger partial charge in [-0.1, -0.05) is 29.8 Å². The maximum Gasteiger partial charge on any atom is 0.146 e. The van der Waals surface area contributed by atoms with Crippen LogP contribution in [0.2, 0.25) is 5.02 Å². The minimum absolute atomic E-state index is 0.486. The fraction of sp³-hybridized carbons (Fsp3) is 0.250. The van der Waals surface area contributed by atoms with Gasteiger partial charge < -0.3 is 10.1 Å². The molecule has 1 aromatic heterocycles. The maximum absolute atomic E-state index is 10.5. The molecule has 0 aliphatic heterocycles. The lowest BCUT2D eigenvalue weighted by molar-refractivity contribution is 0.0932. The van der Waals surface area contributed by atoms with Gasteiger partial charge in [0, 0.05) is 18.0 Å². The van der Waals surface area contributed by atoms with E-state index in [1.54, 1.807) is 25.4 Å². The molecule has 1 heterocycles. The van der Waals surface area contributed by atoms with Crippen molar-refractivity contribution in [2.24, 2.45) is 0 Å². The summed E-state index contributed by atoms with van der Waals surface area (Å²) >= 11 is 6.19. The second-order valence-corrected chi connectivity index (χ2v) is 4.32. The molecule has 0 amide bonds. The van der Waals surface area contributed by atoms with Gasteiger partial charge >= 0.3 is 0 Å². The molecule has 0 fully saturated rings. The molecule has 3 nitrogen and oxygen atoms in total. The molecule has 0 saturated heterocycles. The Labute approximate surface area is 99.1 Å². The average molecular weight is 237 g/mol. The largest absolute Gasteiger partial charge is 0.377 e. The Kier molecular flexibility index (Phi) is 2.74. The topological polar surface area (TPSA) is 48.9 Å². The molecule has 0 bridgehead atoms. The molecular weight excluding hydrogens is 224 g/mol. The van der Waals surface area contributed by atoms with Gasteiger partial charge in [0.05, 0.1) is 5.02 Å². The van der Waals surface area contributed by atoms with Crippen LogP contribution in [0, 0.1) is 6.92 Å². The molecular formula is C12H13ClN2O. The molecule has 16 heavy (non-hydrogen) atoms. The molecule has 0 radical (unpaired) electrons. The van der Waals surface area contributed by atoms with Crippen molar-refractivity contribution in [3.8, 4) is 0 Å². The van der Waals surface area contributed by atoms with Gasteiger partial charge in [0.2, 0.25) is 0 Å². The molecule has 1 atom stereocenters. The summed E-state index contributed by atoms with van der Waals surface area (Å²) in [6.45, 7) is 3.58. The lowest BCUT2D eigenvalue weighted by atomic mass is 9.94. The van der Waals surface area contributed by atoms with Crippen LogP contribution in [-0.4, -0.2) is 15.1 Å². The molecule has 0 aliphatic carbocycles. The first-order valence-corrected chi connectivity index (χ1v) is 5.39. The number of aromatic amines is 1. The van der Waals surface area contributed by atoms with Crippen molar-refractivity contribution in [3.63, 3.8) is 0 Å². The van der Waals surface area contributed by atoms with Gasteiger partial charge in [0.1, 0.15) is 11.4 Å². The summed E-state index contributed by atoms with van der Waals surface area (Å²) in [4.78, 5) is 6.97. The van der Waals surface area contributed by atoms with E-state index in [0.29, 0.717) is 16.4 Å². The zero-order valence-corrected chi connectivity index (χ0v) is 9.92. The van der Waals surface area contributed by atoms with E-state index in [1.165, 1.54) is 0 Å².